The average Bonchev–Trinajstić information content (AvgIpc) is 3.23. The van der Waals surface area contributed by atoms with Crippen molar-refractivity contribution in [3.05, 3.63) is 63.4 Å². The summed E-state index contributed by atoms with van der Waals surface area (Å²) >= 11 is 4.73. The molecular weight excluding hydrogens is 542 g/mol. The van der Waals surface area contributed by atoms with E-state index in [-0.39, 0.29) is 30.7 Å². The van der Waals surface area contributed by atoms with Crippen LogP contribution in [0.4, 0.5) is 5.69 Å². The molecule has 192 valence electrons. The molecule has 0 saturated carbocycles. The summed E-state index contributed by atoms with van der Waals surface area (Å²) in [7, 11) is 0. The third kappa shape index (κ3) is 7.57. The summed E-state index contributed by atoms with van der Waals surface area (Å²) < 4.78 is 8.67. The van der Waals surface area contributed by atoms with E-state index < -0.39 is 0 Å². The van der Waals surface area contributed by atoms with Gasteiger partial charge in [-0.3, -0.25) is 9.59 Å². The van der Waals surface area contributed by atoms with E-state index in [0.29, 0.717) is 23.4 Å². The number of thioether (sulfide) groups is 1. The molecule has 0 spiro atoms. The highest BCUT2D eigenvalue weighted by Gasteiger charge is 2.15. The molecule has 0 unspecified atom stereocenters. The molecule has 3 aromatic rings. The molecule has 3 rings (SSSR count). The van der Waals surface area contributed by atoms with E-state index in [1.165, 1.54) is 11.8 Å². The number of aromatic nitrogens is 3. The minimum absolute atomic E-state index is 0.0827. The van der Waals surface area contributed by atoms with E-state index in [0.717, 1.165) is 32.6 Å². The fraction of sp³-hybridized carbons (Fsp3) is 0.385. The van der Waals surface area contributed by atoms with Crippen molar-refractivity contribution < 1.29 is 14.3 Å². The Kier molecular flexibility index (Phi) is 9.95. The molecule has 0 saturated heterocycles. The molecule has 1 heterocycles. The molecule has 10 heteroatoms. The van der Waals surface area contributed by atoms with Crippen molar-refractivity contribution in [1.82, 2.24) is 20.1 Å². The molecule has 0 atom stereocenters. The van der Waals surface area contributed by atoms with Gasteiger partial charge >= 0.3 is 0 Å². The standard InChI is InChI=1S/C26H32BrN5O3S/c1-6-32-23(13-28-24(33)14-35-22-11-17(4)7-9-20(22)16(2)3)30-31-26(32)36-15-25(34)29-21-10-8-19(27)12-18(21)5/h7-12,16H,6,13-15H2,1-5H3,(H,28,33)(H,29,34). The fourth-order valence-electron chi connectivity index (χ4n) is 3.57. The van der Waals surface area contributed by atoms with E-state index in [9.17, 15) is 9.59 Å². The van der Waals surface area contributed by atoms with Gasteiger partial charge < -0.3 is 19.9 Å². The van der Waals surface area contributed by atoms with Gasteiger partial charge in [0.2, 0.25) is 5.91 Å². The number of anilines is 1. The van der Waals surface area contributed by atoms with Crippen molar-refractivity contribution in [2.45, 2.75) is 58.8 Å². The lowest BCUT2D eigenvalue weighted by molar-refractivity contribution is -0.123. The molecule has 0 bridgehead atoms. The van der Waals surface area contributed by atoms with E-state index in [1.807, 2.05) is 61.7 Å². The van der Waals surface area contributed by atoms with Gasteiger partial charge in [-0.1, -0.05) is 53.7 Å². The minimum Gasteiger partial charge on any atom is -0.483 e. The zero-order chi connectivity index (χ0) is 26.2. The van der Waals surface area contributed by atoms with Crippen molar-refractivity contribution in [2.75, 3.05) is 17.7 Å². The number of benzene rings is 2. The maximum Gasteiger partial charge on any atom is 0.258 e. The third-order valence-electron chi connectivity index (χ3n) is 5.50. The lowest BCUT2D eigenvalue weighted by Crippen LogP contribution is -2.29. The maximum absolute atomic E-state index is 12.4. The van der Waals surface area contributed by atoms with Crippen LogP contribution in [0, 0.1) is 13.8 Å². The number of carbonyl (C=O) groups excluding carboxylic acids is 2. The van der Waals surface area contributed by atoms with E-state index in [4.69, 9.17) is 4.74 Å². The Morgan fingerprint density at radius 1 is 1.11 bits per heavy atom. The van der Waals surface area contributed by atoms with Crippen LogP contribution in [0.3, 0.4) is 0 Å². The number of ether oxygens (including phenoxy) is 1. The number of amides is 2. The van der Waals surface area contributed by atoms with E-state index in [2.05, 4.69) is 50.6 Å². The van der Waals surface area contributed by atoms with Crippen LogP contribution in [0.25, 0.3) is 0 Å². The lowest BCUT2D eigenvalue weighted by atomic mass is 10.0. The Labute approximate surface area is 224 Å². The number of aryl methyl sites for hydroxylation is 2. The number of hydrogen-bond donors (Lipinski definition) is 2. The van der Waals surface area contributed by atoms with Crippen molar-refractivity contribution in [2.24, 2.45) is 0 Å². The maximum atomic E-state index is 12.4. The van der Waals surface area contributed by atoms with Gasteiger partial charge in [-0.15, -0.1) is 10.2 Å². The van der Waals surface area contributed by atoms with Gasteiger partial charge in [-0.25, -0.2) is 0 Å². The van der Waals surface area contributed by atoms with Crippen LogP contribution in [0.2, 0.25) is 0 Å². The summed E-state index contributed by atoms with van der Waals surface area (Å²) in [5, 5.41) is 14.8. The van der Waals surface area contributed by atoms with Gasteiger partial charge in [0.15, 0.2) is 17.6 Å². The molecule has 0 aliphatic rings. The second-order valence-electron chi connectivity index (χ2n) is 8.70. The number of hydrogen-bond acceptors (Lipinski definition) is 6. The van der Waals surface area contributed by atoms with Crippen molar-refractivity contribution >= 4 is 45.2 Å². The van der Waals surface area contributed by atoms with Crippen LogP contribution in [0.15, 0.2) is 46.0 Å². The number of carbonyl (C=O) groups is 2. The Balaban J connectivity index is 1.52. The Morgan fingerprint density at radius 3 is 2.58 bits per heavy atom. The molecule has 36 heavy (non-hydrogen) atoms. The summed E-state index contributed by atoms with van der Waals surface area (Å²) in [5.41, 5.74) is 3.90. The quantitative estimate of drug-likeness (QED) is 0.305. The monoisotopic (exact) mass is 573 g/mol. The number of nitrogens with one attached hydrogen (secondary N) is 2. The SMILES string of the molecule is CCn1c(CNC(=O)COc2cc(C)ccc2C(C)C)nnc1SCC(=O)Nc1ccc(Br)cc1C. The molecule has 2 N–H and O–H groups in total. The normalized spacial score (nSPS) is 11.0. The molecule has 0 aliphatic carbocycles. The highest BCUT2D eigenvalue weighted by atomic mass is 79.9. The van der Waals surface area contributed by atoms with Gasteiger partial charge in [0.25, 0.3) is 5.91 Å². The van der Waals surface area contributed by atoms with Gasteiger partial charge in [0.1, 0.15) is 5.75 Å². The van der Waals surface area contributed by atoms with E-state index in [1.54, 1.807) is 0 Å². The molecule has 2 amide bonds. The molecular formula is C26H32BrN5O3S. The Morgan fingerprint density at radius 2 is 1.89 bits per heavy atom. The summed E-state index contributed by atoms with van der Waals surface area (Å²) in [6.45, 7) is 10.8. The summed E-state index contributed by atoms with van der Waals surface area (Å²) in [4.78, 5) is 24.9. The summed E-state index contributed by atoms with van der Waals surface area (Å²) in [6.07, 6.45) is 0. The highest BCUT2D eigenvalue weighted by Crippen LogP contribution is 2.27. The van der Waals surface area contributed by atoms with Crippen LogP contribution in [0.1, 0.15) is 49.2 Å². The number of halogens is 1. The predicted octanol–water partition coefficient (Wildman–Crippen LogP) is 5.23. The smallest absolute Gasteiger partial charge is 0.258 e. The largest absolute Gasteiger partial charge is 0.483 e. The Hall–Kier alpha value is -2.85. The first-order chi connectivity index (χ1) is 17.2. The van der Waals surface area contributed by atoms with Crippen LogP contribution in [-0.4, -0.2) is 38.9 Å². The fourth-order valence-corrected chi connectivity index (χ4v) is 4.87. The van der Waals surface area contributed by atoms with Crippen LogP contribution in [-0.2, 0) is 22.7 Å². The van der Waals surface area contributed by atoms with Gasteiger partial charge in [-0.05, 0) is 67.6 Å². The Bertz CT molecular complexity index is 1230. The zero-order valence-electron chi connectivity index (χ0n) is 21.2. The molecule has 0 fully saturated rings. The van der Waals surface area contributed by atoms with Gasteiger partial charge in [0, 0.05) is 16.7 Å². The topological polar surface area (TPSA) is 98.1 Å². The molecule has 1 aromatic heterocycles. The average molecular weight is 575 g/mol. The van der Waals surface area contributed by atoms with Crippen molar-refractivity contribution in [3.63, 3.8) is 0 Å². The van der Waals surface area contributed by atoms with Crippen LogP contribution < -0.4 is 15.4 Å². The van der Waals surface area contributed by atoms with Gasteiger partial charge in [-0.2, -0.15) is 0 Å². The number of rotatable bonds is 11. The zero-order valence-corrected chi connectivity index (χ0v) is 23.6. The summed E-state index contributed by atoms with van der Waals surface area (Å²) in [6, 6.07) is 11.7. The third-order valence-corrected chi connectivity index (χ3v) is 6.96. The predicted molar refractivity (Wildman–Crippen MR) is 147 cm³/mol. The van der Waals surface area contributed by atoms with Crippen LogP contribution >= 0.6 is 27.7 Å². The first kappa shape index (κ1) is 27.7. The molecule has 2 aromatic carbocycles. The number of nitrogens with zero attached hydrogens (tertiary/aromatic N) is 3. The first-order valence-electron chi connectivity index (χ1n) is 11.8. The van der Waals surface area contributed by atoms with Crippen molar-refractivity contribution in [1.29, 1.82) is 0 Å². The first-order valence-corrected chi connectivity index (χ1v) is 13.6. The van der Waals surface area contributed by atoms with Crippen LogP contribution in [0.5, 0.6) is 5.75 Å². The second-order valence-corrected chi connectivity index (χ2v) is 10.6. The lowest BCUT2D eigenvalue weighted by Gasteiger charge is -2.15. The molecule has 8 nitrogen and oxygen atoms in total. The molecule has 0 radical (unpaired) electrons. The highest BCUT2D eigenvalue weighted by molar-refractivity contribution is 9.10. The van der Waals surface area contributed by atoms with Gasteiger partial charge in [0.05, 0.1) is 12.3 Å². The van der Waals surface area contributed by atoms with Crippen molar-refractivity contribution in [3.8, 4) is 5.75 Å². The molecule has 0 aliphatic heterocycles. The van der Waals surface area contributed by atoms with E-state index >= 15 is 0 Å². The second kappa shape index (κ2) is 12.9. The summed E-state index contributed by atoms with van der Waals surface area (Å²) in [5.74, 6) is 1.48. The minimum atomic E-state index is -0.240.